The normalized spacial score (nSPS) is 12.2. The van der Waals surface area contributed by atoms with Crippen LogP contribution in [0.25, 0.3) is 11.1 Å². The maximum Gasteiger partial charge on any atom is 0.393 e. The number of methoxy groups -OCH3 is 2. The monoisotopic (exact) mass is 462 g/mol. The number of rotatable bonds is 9. The van der Waals surface area contributed by atoms with Crippen LogP contribution in [0.2, 0.25) is 0 Å². The lowest BCUT2D eigenvalue weighted by Crippen LogP contribution is -2.33. The number of pyridine rings is 1. The lowest BCUT2D eigenvalue weighted by atomic mass is 10.0. The van der Waals surface area contributed by atoms with Gasteiger partial charge in [0.25, 0.3) is 0 Å². The van der Waals surface area contributed by atoms with E-state index in [0.29, 0.717) is 28.3 Å². The number of nitrogens with zero attached hydrogens (tertiary/aromatic N) is 3. The number of aliphatic carboxylic acids is 1. The summed E-state index contributed by atoms with van der Waals surface area (Å²) in [7, 11) is 3.06. The van der Waals surface area contributed by atoms with Crippen LogP contribution in [0.1, 0.15) is 11.3 Å². The van der Waals surface area contributed by atoms with Crippen LogP contribution < -0.4 is 14.8 Å². The van der Waals surface area contributed by atoms with E-state index >= 15 is 0 Å². The Morgan fingerprint density at radius 3 is 2.33 bits per heavy atom. The second kappa shape index (κ2) is 10.2. The summed E-state index contributed by atoms with van der Waals surface area (Å²) in [6.45, 7) is 0. The highest BCUT2D eigenvalue weighted by atomic mass is 19.4. The first-order valence-corrected chi connectivity index (χ1v) is 9.73. The fourth-order valence-corrected chi connectivity index (χ4v) is 3.24. The smallest absolute Gasteiger partial charge is 0.393 e. The highest BCUT2D eigenvalue weighted by Crippen LogP contribution is 2.37. The third kappa shape index (κ3) is 6.09. The SMILES string of the molecule is COc1cccc(OC)c1-c1ccc(C[C@H](Nc2ncncc2CC(F)(F)F)C(=O)O)nc1. The molecule has 2 aromatic heterocycles. The summed E-state index contributed by atoms with van der Waals surface area (Å²) in [5.74, 6) is -0.293. The summed E-state index contributed by atoms with van der Waals surface area (Å²) in [6, 6.07) is 7.45. The predicted octanol–water partition coefficient (Wildman–Crippen LogP) is 3.77. The highest BCUT2D eigenvalue weighted by molar-refractivity contribution is 5.78. The molecule has 0 radical (unpaired) electrons. The van der Waals surface area contributed by atoms with Crippen molar-refractivity contribution in [3.05, 3.63) is 60.3 Å². The first kappa shape index (κ1) is 23.8. The number of halogens is 3. The number of nitrogens with one attached hydrogen (secondary N) is 1. The van der Waals surface area contributed by atoms with Gasteiger partial charge in [-0.1, -0.05) is 12.1 Å². The molecule has 1 atom stereocenters. The molecule has 0 saturated heterocycles. The summed E-state index contributed by atoms with van der Waals surface area (Å²) in [4.78, 5) is 23.5. The molecule has 2 N–H and O–H groups in total. The maximum absolute atomic E-state index is 12.8. The van der Waals surface area contributed by atoms with Crippen molar-refractivity contribution in [1.29, 1.82) is 0 Å². The Kier molecular flexibility index (Phi) is 7.31. The van der Waals surface area contributed by atoms with E-state index in [0.717, 1.165) is 12.5 Å². The van der Waals surface area contributed by atoms with Crippen LogP contribution in [-0.2, 0) is 17.6 Å². The number of carboxylic acids is 1. The Hall–Kier alpha value is -3.89. The molecule has 2 heterocycles. The number of carboxylic acid groups (broad SMARTS) is 1. The van der Waals surface area contributed by atoms with Crippen LogP contribution in [0, 0.1) is 0 Å². The van der Waals surface area contributed by atoms with Crippen molar-refractivity contribution >= 4 is 11.8 Å². The minimum Gasteiger partial charge on any atom is -0.496 e. The molecule has 3 aromatic rings. The second-order valence-corrected chi connectivity index (χ2v) is 7.00. The van der Waals surface area contributed by atoms with Crippen LogP contribution in [0.3, 0.4) is 0 Å². The standard InChI is InChI=1S/C22H21F3N4O4/c1-32-17-4-3-5-18(33-2)19(17)13-6-7-15(27-11-13)8-16(21(30)31)29-20-14(9-22(23,24)25)10-26-12-28-20/h3-7,10-12,16H,8-9H2,1-2H3,(H,30,31)(H,26,28,29)/t16-/m0/s1. The Morgan fingerprint density at radius 2 is 1.79 bits per heavy atom. The molecular formula is C22H21F3N4O4. The first-order chi connectivity index (χ1) is 15.7. The molecule has 1 aromatic carbocycles. The van der Waals surface area contributed by atoms with E-state index in [-0.39, 0.29) is 17.8 Å². The van der Waals surface area contributed by atoms with Gasteiger partial charge in [0.05, 0.1) is 26.2 Å². The minimum atomic E-state index is -4.49. The van der Waals surface area contributed by atoms with Gasteiger partial charge in [0.2, 0.25) is 0 Å². The van der Waals surface area contributed by atoms with Crippen molar-refractivity contribution in [1.82, 2.24) is 15.0 Å². The fraction of sp³-hybridized carbons (Fsp3) is 0.273. The van der Waals surface area contributed by atoms with Crippen molar-refractivity contribution in [3.63, 3.8) is 0 Å². The average molecular weight is 462 g/mol. The summed E-state index contributed by atoms with van der Waals surface area (Å²) in [5.41, 5.74) is 1.55. The van der Waals surface area contributed by atoms with Crippen molar-refractivity contribution in [2.75, 3.05) is 19.5 Å². The molecule has 33 heavy (non-hydrogen) atoms. The summed E-state index contributed by atoms with van der Waals surface area (Å²) >= 11 is 0. The van der Waals surface area contributed by atoms with Gasteiger partial charge < -0.3 is 19.9 Å². The zero-order valence-electron chi connectivity index (χ0n) is 17.8. The van der Waals surface area contributed by atoms with Gasteiger partial charge in [-0.25, -0.2) is 14.8 Å². The van der Waals surface area contributed by atoms with E-state index in [2.05, 4.69) is 20.3 Å². The predicted molar refractivity (Wildman–Crippen MR) is 113 cm³/mol. The van der Waals surface area contributed by atoms with Gasteiger partial charge in [0.15, 0.2) is 0 Å². The Bertz CT molecular complexity index is 1090. The molecule has 0 fully saturated rings. The zero-order chi connectivity index (χ0) is 24.0. The maximum atomic E-state index is 12.8. The van der Waals surface area contributed by atoms with Crippen molar-refractivity contribution in [2.24, 2.45) is 0 Å². The summed E-state index contributed by atoms with van der Waals surface area (Å²) in [6.07, 6.45) is -2.25. The molecule has 0 saturated carbocycles. The molecule has 11 heteroatoms. The number of hydrogen-bond donors (Lipinski definition) is 2. The van der Waals surface area contributed by atoms with Crippen molar-refractivity contribution in [3.8, 4) is 22.6 Å². The van der Waals surface area contributed by atoms with Gasteiger partial charge in [-0.3, -0.25) is 4.98 Å². The third-order valence-corrected chi connectivity index (χ3v) is 4.74. The molecule has 174 valence electrons. The van der Waals surface area contributed by atoms with Crippen LogP contribution in [0.4, 0.5) is 19.0 Å². The van der Waals surface area contributed by atoms with Gasteiger partial charge in [0.1, 0.15) is 29.7 Å². The molecule has 0 aliphatic rings. The Morgan fingerprint density at radius 1 is 1.09 bits per heavy atom. The van der Waals surface area contributed by atoms with Gasteiger partial charge in [0, 0.05) is 35.6 Å². The Labute approximate surface area is 187 Å². The number of carbonyl (C=O) groups is 1. The molecule has 0 aliphatic carbocycles. The number of benzene rings is 1. The molecule has 0 spiro atoms. The van der Waals surface area contributed by atoms with Gasteiger partial charge in [-0.15, -0.1) is 0 Å². The number of aromatic nitrogens is 3. The summed E-state index contributed by atoms with van der Waals surface area (Å²) < 4.78 is 49.3. The van der Waals surface area contributed by atoms with E-state index in [9.17, 15) is 23.1 Å². The molecule has 8 nitrogen and oxygen atoms in total. The molecule has 0 unspecified atom stereocenters. The van der Waals surface area contributed by atoms with E-state index in [4.69, 9.17) is 9.47 Å². The highest BCUT2D eigenvalue weighted by Gasteiger charge is 2.30. The average Bonchev–Trinajstić information content (AvgIpc) is 2.78. The van der Waals surface area contributed by atoms with E-state index in [1.54, 1.807) is 36.5 Å². The molecule has 0 aliphatic heterocycles. The van der Waals surface area contributed by atoms with Crippen molar-refractivity contribution in [2.45, 2.75) is 25.1 Å². The van der Waals surface area contributed by atoms with Gasteiger partial charge in [-0.05, 0) is 18.2 Å². The lowest BCUT2D eigenvalue weighted by Gasteiger charge is -2.18. The van der Waals surface area contributed by atoms with Crippen LogP contribution in [-0.4, -0.2) is 52.5 Å². The van der Waals surface area contributed by atoms with E-state index in [1.165, 1.54) is 14.2 Å². The van der Waals surface area contributed by atoms with Gasteiger partial charge in [-0.2, -0.15) is 13.2 Å². The quantitative estimate of drug-likeness (QED) is 0.495. The molecular weight excluding hydrogens is 441 g/mol. The molecule has 0 bridgehead atoms. The Balaban J connectivity index is 1.82. The van der Waals surface area contributed by atoms with Crippen molar-refractivity contribution < 1.29 is 32.5 Å². The van der Waals surface area contributed by atoms with Crippen LogP contribution in [0.15, 0.2) is 49.1 Å². The number of anilines is 1. The van der Waals surface area contributed by atoms with E-state index in [1.807, 2.05) is 0 Å². The van der Waals surface area contributed by atoms with Gasteiger partial charge >= 0.3 is 12.1 Å². The fourth-order valence-electron chi connectivity index (χ4n) is 3.24. The molecule has 0 amide bonds. The number of hydrogen-bond acceptors (Lipinski definition) is 7. The second-order valence-electron chi connectivity index (χ2n) is 7.00. The van der Waals surface area contributed by atoms with Crippen LogP contribution >= 0.6 is 0 Å². The lowest BCUT2D eigenvalue weighted by molar-refractivity contribution is -0.137. The third-order valence-electron chi connectivity index (χ3n) is 4.74. The number of alkyl halides is 3. The number of ether oxygens (including phenoxy) is 2. The zero-order valence-corrected chi connectivity index (χ0v) is 17.8. The first-order valence-electron chi connectivity index (χ1n) is 9.73. The summed E-state index contributed by atoms with van der Waals surface area (Å²) in [5, 5.41) is 12.2. The largest absolute Gasteiger partial charge is 0.496 e. The molecule has 3 rings (SSSR count). The van der Waals surface area contributed by atoms with E-state index < -0.39 is 24.6 Å². The minimum absolute atomic E-state index is 0.0892. The van der Waals surface area contributed by atoms with Crippen LogP contribution in [0.5, 0.6) is 11.5 Å². The topological polar surface area (TPSA) is 106 Å².